The van der Waals surface area contributed by atoms with E-state index in [4.69, 9.17) is 5.11 Å². The second-order valence-electron chi connectivity index (χ2n) is 3.44. The van der Waals surface area contributed by atoms with Crippen LogP contribution in [0.5, 0.6) is 0 Å². The molecule has 0 aliphatic rings. The lowest BCUT2D eigenvalue weighted by atomic mass is 10.2. The number of allylic oxidation sites excluding steroid dienone is 1. The summed E-state index contributed by atoms with van der Waals surface area (Å²) in [5.74, 6) is -1.27. The molecule has 5 heteroatoms. The summed E-state index contributed by atoms with van der Waals surface area (Å²) in [6, 6.07) is 0. The van der Waals surface area contributed by atoms with Gasteiger partial charge in [-0.3, -0.25) is 14.4 Å². The van der Waals surface area contributed by atoms with Crippen molar-refractivity contribution in [3.63, 3.8) is 0 Å². The van der Waals surface area contributed by atoms with Gasteiger partial charge in [0, 0.05) is 19.0 Å². The molecule has 0 aliphatic heterocycles. The van der Waals surface area contributed by atoms with Gasteiger partial charge >= 0.3 is 5.97 Å². The quantitative estimate of drug-likeness (QED) is 0.476. The number of rotatable bonds is 8. The zero-order chi connectivity index (χ0) is 12.4. The molecule has 0 bridgehead atoms. The van der Waals surface area contributed by atoms with Crippen LogP contribution < -0.4 is 5.32 Å². The Hall–Kier alpha value is -1.65. The van der Waals surface area contributed by atoms with Crippen molar-refractivity contribution in [3.8, 4) is 0 Å². The van der Waals surface area contributed by atoms with Crippen LogP contribution in [0.1, 0.15) is 32.6 Å². The average molecular weight is 227 g/mol. The maximum Gasteiger partial charge on any atom is 0.303 e. The molecule has 5 nitrogen and oxygen atoms in total. The van der Waals surface area contributed by atoms with Crippen LogP contribution in [-0.2, 0) is 14.4 Å². The fourth-order valence-corrected chi connectivity index (χ4v) is 1.04. The third-order valence-corrected chi connectivity index (χ3v) is 1.84. The van der Waals surface area contributed by atoms with Crippen molar-refractivity contribution in [2.45, 2.75) is 32.6 Å². The molecule has 0 aromatic carbocycles. The molecule has 0 radical (unpaired) electrons. The molecule has 90 valence electrons. The number of amides is 1. The van der Waals surface area contributed by atoms with E-state index in [1.54, 1.807) is 0 Å². The minimum absolute atomic E-state index is 0.165. The maximum atomic E-state index is 11.0. The zero-order valence-corrected chi connectivity index (χ0v) is 9.36. The number of carboxylic acid groups (broad SMARTS) is 1. The van der Waals surface area contributed by atoms with E-state index < -0.39 is 5.97 Å². The van der Waals surface area contributed by atoms with Crippen molar-refractivity contribution in [3.05, 3.63) is 12.2 Å². The van der Waals surface area contributed by atoms with Crippen LogP contribution in [0.25, 0.3) is 0 Å². The van der Waals surface area contributed by atoms with Crippen molar-refractivity contribution in [1.29, 1.82) is 0 Å². The summed E-state index contributed by atoms with van der Waals surface area (Å²) < 4.78 is 0. The van der Waals surface area contributed by atoms with Crippen molar-refractivity contribution >= 4 is 17.7 Å². The summed E-state index contributed by atoms with van der Waals surface area (Å²) >= 11 is 0. The average Bonchev–Trinajstić information content (AvgIpc) is 2.19. The number of ketones is 1. The Balaban J connectivity index is 3.41. The van der Waals surface area contributed by atoms with Crippen LogP contribution in [0, 0.1) is 0 Å². The summed E-state index contributed by atoms with van der Waals surface area (Å²) in [4.78, 5) is 31.7. The molecule has 0 aromatic heterocycles. The minimum atomic E-state index is -0.798. The summed E-state index contributed by atoms with van der Waals surface area (Å²) in [5.41, 5.74) is 0. The highest BCUT2D eigenvalue weighted by atomic mass is 16.4. The van der Waals surface area contributed by atoms with Crippen molar-refractivity contribution in [2.75, 3.05) is 6.54 Å². The first-order valence-electron chi connectivity index (χ1n) is 5.20. The van der Waals surface area contributed by atoms with E-state index in [1.807, 2.05) is 0 Å². The maximum absolute atomic E-state index is 11.0. The molecule has 0 heterocycles. The number of carbonyl (C=O) groups is 3. The molecule has 0 spiro atoms. The van der Waals surface area contributed by atoms with Crippen LogP contribution in [0.2, 0.25) is 0 Å². The van der Waals surface area contributed by atoms with E-state index in [-0.39, 0.29) is 18.1 Å². The lowest BCUT2D eigenvalue weighted by molar-refractivity contribution is -0.137. The number of hydrogen-bond donors (Lipinski definition) is 2. The normalized spacial score (nSPS) is 10.3. The zero-order valence-electron chi connectivity index (χ0n) is 9.36. The van der Waals surface area contributed by atoms with Crippen molar-refractivity contribution < 1.29 is 19.5 Å². The largest absolute Gasteiger partial charge is 0.481 e. The van der Waals surface area contributed by atoms with Crippen LogP contribution >= 0.6 is 0 Å². The smallest absolute Gasteiger partial charge is 0.303 e. The molecular formula is C11H17NO4. The van der Waals surface area contributed by atoms with Gasteiger partial charge in [-0.05, 0) is 25.8 Å². The van der Waals surface area contributed by atoms with Gasteiger partial charge in [-0.25, -0.2) is 0 Å². The first kappa shape index (κ1) is 14.3. The number of carboxylic acids is 1. The minimum Gasteiger partial charge on any atom is -0.481 e. The fourth-order valence-electron chi connectivity index (χ4n) is 1.04. The Labute approximate surface area is 94.5 Å². The lowest BCUT2D eigenvalue weighted by Crippen LogP contribution is -2.22. The highest BCUT2D eigenvalue weighted by Gasteiger charge is 1.97. The fraction of sp³-hybridized carbons (Fsp3) is 0.545. The van der Waals surface area contributed by atoms with Gasteiger partial charge in [0.25, 0.3) is 0 Å². The second kappa shape index (κ2) is 8.64. The van der Waals surface area contributed by atoms with Gasteiger partial charge < -0.3 is 10.4 Å². The van der Waals surface area contributed by atoms with E-state index in [0.29, 0.717) is 13.0 Å². The third-order valence-electron chi connectivity index (χ3n) is 1.84. The van der Waals surface area contributed by atoms with Gasteiger partial charge in [-0.2, -0.15) is 0 Å². The van der Waals surface area contributed by atoms with E-state index in [1.165, 1.54) is 19.1 Å². The molecule has 0 saturated carbocycles. The van der Waals surface area contributed by atoms with Gasteiger partial charge in [0.15, 0.2) is 5.78 Å². The van der Waals surface area contributed by atoms with Crippen molar-refractivity contribution in [1.82, 2.24) is 5.32 Å². The predicted octanol–water partition coefficient (Wildman–Crippen LogP) is 0.893. The molecule has 16 heavy (non-hydrogen) atoms. The Morgan fingerprint density at radius 3 is 2.38 bits per heavy atom. The molecule has 0 rings (SSSR count). The highest BCUT2D eigenvalue weighted by molar-refractivity contribution is 5.96. The Morgan fingerprint density at radius 2 is 1.81 bits per heavy atom. The number of carbonyl (C=O) groups excluding carboxylic acids is 2. The SMILES string of the molecule is CC(=O)/C=C/C(=O)NCCCCCC(=O)O. The van der Waals surface area contributed by atoms with E-state index in [9.17, 15) is 14.4 Å². The van der Waals surface area contributed by atoms with Gasteiger partial charge in [-0.1, -0.05) is 6.42 Å². The number of unbranched alkanes of at least 4 members (excludes halogenated alkanes) is 2. The molecular weight excluding hydrogens is 210 g/mol. The highest BCUT2D eigenvalue weighted by Crippen LogP contribution is 1.98. The number of hydrogen-bond acceptors (Lipinski definition) is 3. The summed E-state index contributed by atoms with van der Waals surface area (Å²) in [6.45, 7) is 1.87. The summed E-state index contributed by atoms with van der Waals surface area (Å²) in [6.07, 6.45) is 4.70. The van der Waals surface area contributed by atoms with Crippen LogP contribution in [0.15, 0.2) is 12.2 Å². The molecule has 0 saturated heterocycles. The number of aliphatic carboxylic acids is 1. The van der Waals surface area contributed by atoms with Crippen molar-refractivity contribution in [2.24, 2.45) is 0 Å². The Morgan fingerprint density at radius 1 is 1.12 bits per heavy atom. The topological polar surface area (TPSA) is 83.5 Å². The third kappa shape index (κ3) is 10.4. The first-order chi connectivity index (χ1) is 7.52. The molecule has 0 aliphatic carbocycles. The van der Waals surface area contributed by atoms with Gasteiger partial charge in [0.05, 0.1) is 0 Å². The summed E-state index contributed by atoms with van der Waals surface area (Å²) in [7, 11) is 0. The van der Waals surface area contributed by atoms with E-state index in [2.05, 4.69) is 5.32 Å². The summed E-state index contributed by atoms with van der Waals surface area (Å²) in [5, 5.41) is 11.0. The van der Waals surface area contributed by atoms with E-state index >= 15 is 0 Å². The molecule has 1 amide bonds. The molecule has 0 aromatic rings. The predicted molar refractivity (Wildman–Crippen MR) is 58.9 cm³/mol. The molecule has 0 fully saturated rings. The van der Waals surface area contributed by atoms with Gasteiger partial charge in [-0.15, -0.1) is 0 Å². The Bertz CT molecular complexity index is 284. The Kier molecular flexibility index (Phi) is 7.75. The van der Waals surface area contributed by atoms with E-state index in [0.717, 1.165) is 12.8 Å². The van der Waals surface area contributed by atoms with Gasteiger partial charge in [0.2, 0.25) is 5.91 Å². The van der Waals surface area contributed by atoms with Gasteiger partial charge in [0.1, 0.15) is 0 Å². The van der Waals surface area contributed by atoms with Crippen LogP contribution in [0.3, 0.4) is 0 Å². The second-order valence-corrected chi connectivity index (χ2v) is 3.44. The standard InChI is InChI=1S/C11H17NO4/c1-9(13)6-7-10(14)12-8-4-2-3-5-11(15)16/h6-7H,2-5,8H2,1H3,(H,12,14)(H,15,16)/b7-6+. The lowest BCUT2D eigenvalue weighted by Gasteiger charge is -2.01. The number of nitrogens with one attached hydrogen (secondary N) is 1. The first-order valence-corrected chi connectivity index (χ1v) is 5.20. The molecule has 0 atom stereocenters. The molecule has 0 unspecified atom stereocenters. The van der Waals surface area contributed by atoms with Crippen LogP contribution in [0.4, 0.5) is 0 Å². The molecule has 2 N–H and O–H groups in total. The monoisotopic (exact) mass is 227 g/mol. The van der Waals surface area contributed by atoms with Crippen LogP contribution in [-0.4, -0.2) is 29.3 Å².